The van der Waals surface area contributed by atoms with Crippen molar-refractivity contribution in [2.24, 2.45) is 0 Å². The van der Waals surface area contributed by atoms with Crippen molar-refractivity contribution in [2.75, 3.05) is 33.5 Å². The summed E-state index contributed by atoms with van der Waals surface area (Å²) < 4.78 is 24.6. The van der Waals surface area contributed by atoms with Crippen LogP contribution in [-0.2, 0) is 47.7 Å². The molecule has 0 aromatic carbocycles. The molecule has 0 bridgehead atoms. The van der Waals surface area contributed by atoms with E-state index in [-0.39, 0.29) is 29.8 Å². The van der Waals surface area contributed by atoms with Gasteiger partial charge in [0.05, 0.1) is 33.5 Å². The molecule has 572 valence electrons. The van der Waals surface area contributed by atoms with Gasteiger partial charge in [0.15, 0.2) is 0 Å². The summed E-state index contributed by atoms with van der Waals surface area (Å²) in [5, 5.41) is 0. The summed E-state index contributed by atoms with van der Waals surface area (Å²) in [6, 6.07) is 0. The number of rotatable bonds is 67. The lowest BCUT2D eigenvalue weighted by Crippen LogP contribution is -2.05. The zero-order chi connectivity index (χ0) is 73.1. The molecule has 0 fully saturated rings. The molecule has 0 saturated heterocycles. The number of carbonyl (C=O) groups excluding carboxylic acids is 5. The summed E-state index contributed by atoms with van der Waals surface area (Å²) in [4.78, 5) is 54.8. The van der Waals surface area contributed by atoms with E-state index in [0.29, 0.717) is 54.3 Å². The Morgan fingerprint density at radius 1 is 0.186 bits per heavy atom. The van der Waals surface area contributed by atoms with E-state index in [1.54, 1.807) is 34.6 Å². The molecule has 0 rings (SSSR count). The molecule has 0 spiro atoms. The second-order valence-electron chi connectivity index (χ2n) is 28.0. The topological polar surface area (TPSA) is 132 Å². The van der Waals surface area contributed by atoms with Crippen LogP contribution in [0.4, 0.5) is 0 Å². The summed E-state index contributed by atoms with van der Waals surface area (Å²) in [5.41, 5.74) is 2.40. The summed E-state index contributed by atoms with van der Waals surface area (Å²) in [5.74, 6) is -1.37. The highest BCUT2D eigenvalue weighted by Crippen LogP contribution is 2.18. The first kappa shape index (κ1) is 102. The van der Waals surface area contributed by atoms with Crippen molar-refractivity contribution in [3.8, 4) is 0 Å². The molecule has 0 radical (unpaired) electrons. The van der Waals surface area contributed by atoms with E-state index in [9.17, 15) is 24.0 Å². The number of hydrogen-bond donors (Lipinski definition) is 0. The Morgan fingerprint density at radius 2 is 0.289 bits per heavy atom. The van der Waals surface area contributed by atoms with Gasteiger partial charge < -0.3 is 23.7 Å². The number of hydrogen-bond acceptors (Lipinski definition) is 10. The monoisotopic (exact) mass is 1370 g/mol. The molecule has 0 aliphatic carbocycles. The molecular weight excluding hydrogens is 1200 g/mol. The maximum Gasteiger partial charge on any atom is 0.333 e. The van der Waals surface area contributed by atoms with E-state index >= 15 is 0 Å². The highest BCUT2D eigenvalue weighted by Gasteiger charge is 2.06. The predicted octanol–water partition coefficient (Wildman–Crippen LogP) is 27.9. The number of esters is 5. The van der Waals surface area contributed by atoms with Gasteiger partial charge in [0, 0.05) is 27.9 Å². The first-order valence-corrected chi connectivity index (χ1v) is 41.0. The van der Waals surface area contributed by atoms with Crippen molar-refractivity contribution >= 4 is 29.8 Å². The molecule has 0 amide bonds. The molecule has 0 aliphatic heterocycles. The Hall–Kier alpha value is -3.95. The van der Waals surface area contributed by atoms with Gasteiger partial charge in [-0.1, -0.05) is 407 Å². The number of carbonyl (C=O) groups is 5. The third-order valence-electron chi connectivity index (χ3n) is 17.4. The third-order valence-corrected chi connectivity index (χ3v) is 17.4. The largest absolute Gasteiger partial charge is 0.466 e. The summed E-state index contributed by atoms with van der Waals surface area (Å²) in [7, 11) is 1.33. The Bertz CT molecular complexity index is 1780. The molecule has 0 aromatic heterocycles. The van der Waals surface area contributed by atoms with Crippen molar-refractivity contribution in [2.45, 2.75) is 435 Å². The second kappa shape index (κ2) is 88.1. The van der Waals surface area contributed by atoms with Crippen molar-refractivity contribution < 1.29 is 47.7 Å². The highest BCUT2D eigenvalue weighted by atomic mass is 16.5. The van der Waals surface area contributed by atoms with Crippen LogP contribution in [0.2, 0.25) is 0 Å². The van der Waals surface area contributed by atoms with E-state index in [4.69, 9.17) is 18.9 Å². The third kappa shape index (κ3) is 96.3. The summed E-state index contributed by atoms with van der Waals surface area (Å²) >= 11 is 0. The molecule has 0 aromatic rings. The Kier molecular flexibility index (Phi) is 92.4. The first-order valence-electron chi connectivity index (χ1n) is 41.0. The van der Waals surface area contributed by atoms with Crippen molar-refractivity contribution in [3.05, 3.63) is 60.8 Å². The molecule has 10 nitrogen and oxygen atoms in total. The van der Waals surface area contributed by atoms with E-state index in [1.165, 1.54) is 354 Å². The standard InChI is InChI=1S/C24H46O2.C22H42O2.C20H38O2.C16H30O2.C5H8O2/c1-4-5-6-7-8-9-10-11-12-13-14-15-16-17-18-19-20-21-22-26-24(25)23(2)3;1-4-5-6-7-8-9-10-11-12-13-14-15-16-17-18-19-20-24-22(23)21(2)3;1-4-5-6-7-8-9-10-11-12-13-14-15-16-17-18-22-20(21)19(2)3;1-4-5-6-7-8-9-10-11-12-13-14-18-16(17)15(2)3;1-4(2)5(6)7-3/h2,4-22H2,1,3H3;2,4-20H2,1,3H3;2,4-18H2,1,3H3;2,4-14H2,1,3H3;1H2,2-3H3. The van der Waals surface area contributed by atoms with Crippen LogP contribution in [0.1, 0.15) is 435 Å². The van der Waals surface area contributed by atoms with Crippen LogP contribution < -0.4 is 0 Å². The fourth-order valence-corrected chi connectivity index (χ4v) is 10.9. The molecule has 0 saturated carbocycles. The van der Waals surface area contributed by atoms with Gasteiger partial charge in [-0.2, -0.15) is 0 Å². The van der Waals surface area contributed by atoms with Crippen LogP contribution in [0, 0.1) is 0 Å². The number of methoxy groups -OCH3 is 1. The lowest BCUT2D eigenvalue weighted by molar-refractivity contribution is -0.139. The zero-order valence-corrected chi connectivity index (χ0v) is 66.5. The molecular formula is C87H164O10. The van der Waals surface area contributed by atoms with Crippen LogP contribution in [0.15, 0.2) is 60.8 Å². The van der Waals surface area contributed by atoms with E-state index in [2.05, 4.69) is 65.3 Å². The summed E-state index contributed by atoms with van der Waals surface area (Å²) in [6.07, 6.45) is 78.2. The average molecular weight is 1370 g/mol. The normalized spacial score (nSPS) is 10.5. The van der Waals surface area contributed by atoms with Gasteiger partial charge in [-0.05, 0) is 60.3 Å². The molecule has 10 heteroatoms. The Balaban J connectivity index is -0.000000377. The van der Waals surface area contributed by atoms with Gasteiger partial charge in [0.1, 0.15) is 0 Å². The smallest absolute Gasteiger partial charge is 0.333 e. The van der Waals surface area contributed by atoms with Gasteiger partial charge in [-0.25, -0.2) is 24.0 Å². The van der Waals surface area contributed by atoms with Crippen molar-refractivity contribution in [1.29, 1.82) is 0 Å². The molecule has 0 N–H and O–H groups in total. The molecule has 97 heavy (non-hydrogen) atoms. The zero-order valence-electron chi connectivity index (χ0n) is 66.5. The van der Waals surface area contributed by atoms with Crippen molar-refractivity contribution in [1.82, 2.24) is 0 Å². The molecule has 0 unspecified atom stereocenters. The average Bonchev–Trinajstić information content (AvgIpc) is 3.80. The fraction of sp³-hybridized carbons (Fsp3) is 0.828. The minimum atomic E-state index is -0.347. The summed E-state index contributed by atoms with van der Waals surface area (Å²) in [6.45, 7) is 37.3. The maximum atomic E-state index is 11.2. The number of ether oxygens (including phenoxy) is 5. The Morgan fingerprint density at radius 3 is 0.371 bits per heavy atom. The van der Waals surface area contributed by atoms with Crippen molar-refractivity contribution in [3.63, 3.8) is 0 Å². The van der Waals surface area contributed by atoms with Gasteiger partial charge >= 0.3 is 29.8 Å². The quantitative estimate of drug-likeness (QED) is 0.0251. The SMILES string of the molecule is C=C(C)C(=O)OC.C=C(C)C(=O)OCCCCCCCCCCCC.C=C(C)C(=O)OCCCCCCCCCCCCCCCC.C=C(C)C(=O)OCCCCCCCCCCCCCCCCCC.C=C(C)C(=O)OCCCCCCCCCCCCCCCCCCCC. The molecule has 0 heterocycles. The van der Waals surface area contributed by atoms with Crippen LogP contribution in [-0.4, -0.2) is 63.4 Å². The highest BCUT2D eigenvalue weighted by molar-refractivity contribution is 5.88. The van der Waals surface area contributed by atoms with Gasteiger partial charge in [0.2, 0.25) is 0 Å². The Labute approximate surface area is 603 Å². The lowest BCUT2D eigenvalue weighted by Gasteiger charge is -2.05. The van der Waals surface area contributed by atoms with Crippen LogP contribution in [0.25, 0.3) is 0 Å². The molecule has 0 aliphatic rings. The lowest BCUT2D eigenvalue weighted by atomic mass is 10.0. The van der Waals surface area contributed by atoms with Gasteiger partial charge in [-0.15, -0.1) is 0 Å². The van der Waals surface area contributed by atoms with E-state index < -0.39 is 0 Å². The fourth-order valence-electron chi connectivity index (χ4n) is 10.9. The van der Waals surface area contributed by atoms with Crippen LogP contribution >= 0.6 is 0 Å². The number of unbranched alkanes of at least 4 members (excludes halogenated alkanes) is 54. The van der Waals surface area contributed by atoms with Gasteiger partial charge in [0.25, 0.3) is 0 Å². The van der Waals surface area contributed by atoms with E-state index in [1.807, 2.05) is 0 Å². The minimum Gasteiger partial charge on any atom is -0.466 e. The second-order valence-corrected chi connectivity index (χ2v) is 28.0. The van der Waals surface area contributed by atoms with E-state index in [0.717, 1.165) is 25.7 Å². The van der Waals surface area contributed by atoms with Crippen LogP contribution in [0.5, 0.6) is 0 Å². The maximum absolute atomic E-state index is 11.2. The first-order chi connectivity index (χ1) is 46.9. The minimum absolute atomic E-state index is 0.253. The van der Waals surface area contributed by atoms with Crippen LogP contribution in [0.3, 0.4) is 0 Å². The predicted molar refractivity (Wildman–Crippen MR) is 420 cm³/mol. The molecule has 0 atom stereocenters. The van der Waals surface area contributed by atoms with Gasteiger partial charge in [-0.3, -0.25) is 0 Å².